The molecular weight excluding hydrogens is 423 g/mol. The van der Waals surface area contributed by atoms with E-state index >= 15 is 0 Å². The zero-order valence-electron chi connectivity index (χ0n) is 17.5. The molecule has 152 valence electrons. The van der Waals surface area contributed by atoms with Gasteiger partial charge in [-0.2, -0.15) is 12.5 Å². The summed E-state index contributed by atoms with van der Waals surface area (Å²) in [6, 6.07) is 12.9. The summed E-state index contributed by atoms with van der Waals surface area (Å²) in [7, 11) is 4.21. The Labute approximate surface area is 198 Å². The topological polar surface area (TPSA) is 27.0 Å². The molecule has 0 heterocycles. The Morgan fingerprint density at radius 2 is 1.61 bits per heavy atom. The molecule has 1 N–H and O–H groups in total. The van der Waals surface area contributed by atoms with Crippen molar-refractivity contribution in [3.05, 3.63) is 77.9 Å². The van der Waals surface area contributed by atoms with E-state index in [1.165, 1.54) is 27.5 Å². The first kappa shape index (κ1) is 29.5. The van der Waals surface area contributed by atoms with Gasteiger partial charge in [0.1, 0.15) is 0 Å². The summed E-state index contributed by atoms with van der Waals surface area (Å²) in [5.74, 6) is 0. The minimum Gasteiger partial charge on any atom is -0.673 e. The van der Waals surface area contributed by atoms with E-state index in [1.807, 2.05) is 20.8 Å². The predicted octanol–water partition coefficient (Wildman–Crippen LogP) is 6.98. The third-order valence-corrected chi connectivity index (χ3v) is 3.83. The first-order chi connectivity index (χ1) is 11.6. The molecule has 3 rings (SSSR count). The minimum absolute atomic E-state index is 0. The number of hydrogen-bond donors (Lipinski definition) is 0. The molecule has 0 radical (unpaired) electrons. The van der Waals surface area contributed by atoms with Crippen LogP contribution in [0.25, 0.3) is 22.1 Å². The Balaban J connectivity index is 0. The van der Waals surface area contributed by atoms with E-state index in [1.54, 1.807) is 0 Å². The van der Waals surface area contributed by atoms with Crippen LogP contribution in [0.5, 0.6) is 0 Å². The van der Waals surface area contributed by atoms with Crippen molar-refractivity contribution in [2.45, 2.75) is 32.7 Å². The maximum absolute atomic E-state index is 6.94. The average molecular weight is 455 g/mol. The van der Waals surface area contributed by atoms with E-state index in [2.05, 4.69) is 74.5 Å². The van der Waals surface area contributed by atoms with E-state index in [9.17, 15) is 0 Å². The van der Waals surface area contributed by atoms with Crippen LogP contribution >= 0.6 is 24.8 Å². The van der Waals surface area contributed by atoms with Crippen molar-refractivity contribution in [1.82, 2.24) is 4.90 Å². The zero-order chi connectivity index (χ0) is 18.6. The second kappa shape index (κ2) is 12.7. The molecule has 0 aliphatic heterocycles. The van der Waals surface area contributed by atoms with E-state index in [-0.39, 0.29) is 52.1 Å². The van der Waals surface area contributed by atoms with Crippen LogP contribution in [-0.4, -0.2) is 31.1 Å². The summed E-state index contributed by atoms with van der Waals surface area (Å²) in [6.45, 7) is 10.9. The minimum atomic E-state index is -0.250. The van der Waals surface area contributed by atoms with Crippen molar-refractivity contribution in [3.8, 4) is 0 Å². The number of benzene rings is 2. The number of nitrogens with zero attached hydrogens (tertiary/aromatic N) is 1. The van der Waals surface area contributed by atoms with E-state index < -0.39 is 0 Å². The van der Waals surface area contributed by atoms with Crippen LogP contribution in [0.3, 0.4) is 0 Å². The van der Waals surface area contributed by atoms with Crippen LogP contribution in [0.4, 0.5) is 0 Å². The molecule has 5 heteroatoms. The van der Waals surface area contributed by atoms with Crippen molar-refractivity contribution in [2.75, 3.05) is 20.6 Å². The van der Waals surface area contributed by atoms with Crippen molar-refractivity contribution >= 4 is 41.2 Å². The Morgan fingerprint density at radius 3 is 2.18 bits per heavy atom. The van der Waals surface area contributed by atoms with Gasteiger partial charge >= 0.3 is 21.7 Å². The van der Waals surface area contributed by atoms with Gasteiger partial charge in [0.25, 0.3) is 0 Å². The Bertz CT molecular complexity index is 800. The van der Waals surface area contributed by atoms with Crippen LogP contribution in [0, 0.1) is 6.92 Å². The van der Waals surface area contributed by atoms with E-state index in [4.69, 9.17) is 5.73 Å². The molecule has 28 heavy (non-hydrogen) atoms. The fraction of sp³-hybridized carbons (Fsp3) is 0.348. The smallest absolute Gasteiger partial charge is 0.673 e. The molecule has 2 aromatic rings. The number of allylic oxidation sites excluding steroid dienone is 2. The molecule has 2 nitrogen and oxygen atoms in total. The van der Waals surface area contributed by atoms with Gasteiger partial charge in [0, 0.05) is 6.54 Å². The number of nitrogens with one attached hydrogen (secondary N) is 1. The maximum atomic E-state index is 6.94. The molecule has 0 amide bonds. The molecule has 1 aliphatic rings. The average Bonchev–Trinajstić information content (AvgIpc) is 2.93. The molecule has 0 aromatic heterocycles. The fourth-order valence-corrected chi connectivity index (χ4v) is 2.88. The Hall–Kier alpha value is -0.736. The van der Waals surface area contributed by atoms with Gasteiger partial charge in [-0.3, -0.25) is 0 Å². The van der Waals surface area contributed by atoms with Crippen LogP contribution in [0.2, 0.25) is 0 Å². The van der Waals surface area contributed by atoms with Gasteiger partial charge in [0.2, 0.25) is 0 Å². The molecule has 0 atom stereocenters. The standard InChI is InChI=1S/C19H20N.C4H10N.2ClH.Ti/c1-14-18-7-5-4-6-16(18)10-11-19(14)17-9-8-15(12-17)13-20(2)3;1-4(2,3)5;;;/h4-8,10-12H,1,9,13H2,2-3H3;5H,1-3H3;2*1H;/q2*-1;;;+2. The summed E-state index contributed by atoms with van der Waals surface area (Å²) in [4.78, 5) is 2.21. The molecule has 0 unspecified atom stereocenters. The summed E-state index contributed by atoms with van der Waals surface area (Å²) >= 11 is 0. The van der Waals surface area contributed by atoms with Gasteiger partial charge in [-0.1, -0.05) is 68.1 Å². The number of fused-ring (bicyclic) bond motifs is 1. The van der Waals surface area contributed by atoms with Crippen LogP contribution < -0.4 is 0 Å². The van der Waals surface area contributed by atoms with Crippen molar-refractivity contribution in [1.29, 1.82) is 0 Å². The molecule has 2 aromatic carbocycles. The molecule has 0 saturated heterocycles. The van der Waals surface area contributed by atoms with E-state index in [0.717, 1.165) is 18.5 Å². The number of rotatable bonds is 3. The quantitative estimate of drug-likeness (QED) is 0.363. The van der Waals surface area contributed by atoms with Gasteiger partial charge in [0.15, 0.2) is 0 Å². The van der Waals surface area contributed by atoms with Crippen molar-refractivity contribution in [2.24, 2.45) is 0 Å². The second-order valence-corrected chi connectivity index (χ2v) is 7.95. The monoisotopic (exact) mass is 454 g/mol. The third-order valence-electron chi connectivity index (χ3n) is 3.83. The largest absolute Gasteiger partial charge is 2.00 e. The number of hydrogen-bond acceptors (Lipinski definition) is 1. The molecule has 0 bridgehead atoms. The molecule has 0 saturated carbocycles. The zero-order valence-corrected chi connectivity index (χ0v) is 20.7. The van der Waals surface area contributed by atoms with Crippen molar-refractivity contribution in [3.63, 3.8) is 0 Å². The van der Waals surface area contributed by atoms with Gasteiger partial charge in [-0.15, -0.1) is 53.4 Å². The number of halogens is 2. The van der Waals surface area contributed by atoms with Gasteiger partial charge in [-0.05, 0) is 26.1 Å². The van der Waals surface area contributed by atoms with Crippen LogP contribution in [-0.2, 0) is 21.7 Å². The first-order valence-corrected chi connectivity index (χ1v) is 8.78. The number of likely N-dealkylation sites (N-methyl/N-ethyl adjacent to an activating group) is 1. The van der Waals surface area contributed by atoms with E-state index in [0.29, 0.717) is 0 Å². The molecule has 1 aliphatic carbocycles. The Kier molecular flexibility index (Phi) is 13.4. The first-order valence-electron chi connectivity index (χ1n) is 8.78. The summed E-state index contributed by atoms with van der Waals surface area (Å²) in [6.07, 6.45) is 5.66. The van der Waals surface area contributed by atoms with Gasteiger partial charge in [-0.25, -0.2) is 0 Å². The maximum Gasteiger partial charge on any atom is 2.00 e. The molecule has 0 spiro atoms. The third kappa shape index (κ3) is 9.17. The summed E-state index contributed by atoms with van der Waals surface area (Å²) < 4.78 is 0. The normalized spacial score (nSPS) is 12.7. The van der Waals surface area contributed by atoms with Gasteiger partial charge < -0.3 is 10.6 Å². The van der Waals surface area contributed by atoms with Gasteiger partial charge in [0.05, 0.1) is 0 Å². The molecular formula is C23H32Cl2N2Ti. The summed E-state index contributed by atoms with van der Waals surface area (Å²) in [5, 5.41) is 2.52. The van der Waals surface area contributed by atoms with Crippen LogP contribution in [0.1, 0.15) is 38.3 Å². The summed E-state index contributed by atoms with van der Waals surface area (Å²) in [5.41, 5.74) is 11.9. The Morgan fingerprint density at radius 1 is 1.04 bits per heavy atom. The molecule has 0 fully saturated rings. The predicted molar refractivity (Wildman–Crippen MR) is 126 cm³/mol. The second-order valence-electron chi connectivity index (χ2n) is 7.95. The van der Waals surface area contributed by atoms with Crippen molar-refractivity contribution < 1.29 is 21.7 Å². The van der Waals surface area contributed by atoms with Crippen LogP contribution in [0.15, 0.2) is 54.1 Å². The SMILES string of the molecule is CC(C)(C)[NH-].Cl.Cl.[CH2-]c1c(C2=CC(CN(C)C)=CC2)ccc2ccccc12.[Ti+2]. The fourth-order valence-electron chi connectivity index (χ4n) is 2.88.